The summed E-state index contributed by atoms with van der Waals surface area (Å²) in [6.45, 7) is 8.22. The Morgan fingerprint density at radius 1 is 0.917 bits per heavy atom. The molecule has 0 aliphatic carbocycles. The monoisotopic (exact) mass is 524 g/mol. The van der Waals surface area contributed by atoms with E-state index in [2.05, 4.69) is 11.4 Å². The molecule has 3 aromatic rings. The molecule has 3 rings (SSSR count). The minimum Gasteiger partial charge on any atom is -0.352 e. The van der Waals surface area contributed by atoms with Gasteiger partial charge in [-0.05, 0) is 56.0 Å². The number of carbonyl (C=O) groups is 2. The number of aryl methyl sites for hydroxylation is 2. The van der Waals surface area contributed by atoms with Crippen LogP contribution in [-0.4, -0.2) is 28.8 Å². The van der Waals surface area contributed by atoms with Crippen molar-refractivity contribution < 1.29 is 9.59 Å². The maximum atomic E-state index is 13.9. The number of hydrogen-bond acceptors (Lipinski definition) is 2. The van der Waals surface area contributed by atoms with Crippen molar-refractivity contribution in [2.45, 2.75) is 65.6 Å². The Balaban J connectivity index is 2.02. The van der Waals surface area contributed by atoms with Crippen molar-refractivity contribution in [2.24, 2.45) is 0 Å². The van der Waals surface area contributed by atoms with Gasteiger partial charge in [-0.15, -0.1) is 0 Å². The molecule has 36 heavy (non-hydrogen) atoms. The summed E-state index contributed by atoms with van der Waals surface area (Å²) < 4.78 is 0. The lowest BCUT2D eigenvalue weighted by atomic mass is 10.00. The van der Waals surface area contributed by atoms with E-state index in [0.29, 0.717) is 16.5 Å². The van der Waals surface area contributed by atoms with E-state index in [4.69, 9.17) is 23.2 Å². The van der Waals surface area contributed by atoms with Crippen LogP contribution in [0.25, 0.3) is 0 Å². The molecule has 190 valence electrons. The van der Waals surface area contributed by atoms with Crippen molar-refractivity contribution in [3.05, 3.63) is 105 Å². The van der Waals surface area contributed by atoms with Gasteiger partial charge in [0.25, 0.3) is 0 Å². The van der Waals surface area contributed by atoms with Gasteiger partial charge < -0.3 is 10.2 Å². The number of halogens is 2. The van der Waals surface area contributed by atoms with E-state index >= 15 is 0 Å². The van der Waals surface area contributed by atoms with E-state index in [1.54, 1.807) is 17.0 Å². The summed E-state index contributed by atoms with van der Waals surface area (Å²) in [5, 5.41) is 4.08. The number of nitrogens with one attached hydrogen (secondary N) is 1. The molecule has 0 fully saturated rings. The maximum absolute atomic E-state index is 13.9. The predicted molar refractivity (Wildman–Crippen MR) is 148 cm³/mol. The largest absolute Gasteiger partial charge is 0.352 e. The number of hydrogen-bond donors (Lipinski definition) is 1. The average molecular weight is 526 g/mol. The van der Waals surface area contributed by atoms with Crippen molar-refractivity contribution in [3.63, 3.8) is 0 Å². The topological polar surface area (TPSA) is 49.4 Å². The Morgan fingerprint density at radius 2 is 1.58 bits per heavy atom. The highest BCUT2D eigenvalue weighted by Crippen LogP contribution is 2.25. The Bertz CT molecular complexity index is 1180. The fraction of sp³-hybridized carbons (Fsp3) is 0.333. The minimum absolute atomic E-state index is 0.00809. The molecule has 0 unspecified atom stereocenters. The molecule has 0 saturated heterocycles. The molecule has 0 heterocycles. The standard InChI is InChI=1S/C30H34Cl2N2O2/c1-5-22(4)33-30(36)28(16-23-9-7-6-8-10-23)34(19-25-11-12-26(31)18-27(25)32)29(35)17-24-14-20(2)13-21(3)15-24/h6-15,18,22,28H,5,16-17,19H2,1-4H3,(H,33,36)/t22-,28+/m0/s1. The van der Waals surface area contributed by atoms with Crippen molar-refractivity contribution in [1.82, 2.24) is 10.2 Å². The van der Waals surface area contributed by atoms with Crippen LogP contribution in [-0.2, 0) is 29.0 Å². The minimum atomic E-state index is -0.702. The van der Waals surface area contributed by atoms with Gasteiger partial charge in [-0.3, -0.25) is 9.59 Å². The lowest BCUT2D eigenvalue weighted by Crippen LogP contribution is -2.52. The smallest absolute Gasteiger partial charge is 0.243 e. The highest BCUT2D eigenvalue weighted by molar-refractivity contribution is 6.35. The van der Waals surface area contributed by atoms with Gasteiger partial charge in [0.1, 0.15) is 6.04 Å². The summed E-state index contributed by atoms with van der Waals surface area (Å²) in [7, 11) is 0. The zero-order chi connectivity index (χ0) is 26.2. The molecule has 0 aliphatic heterocycles. The second-order valence-electron chi connectivity index (χ2n) is 9.45. The van der Waals surface area contributed by atoms with Crippen LogP contribution in [0.2, 0.25) is 10.0 Å². The predicted octanol–water partition coefficient (Wildman–Crippen LogP) is 6.71. The third-order valence-electron chi connectivity index (χ3n) is 6.26. The summed E-state index contributed by atoms with van der Waals surface area (Å²) >= 11 is 12.6. The molecule has 0 aromatic heterocycles. The van der Waals surface area contributed by atoms with Crippen LogP contribution in [0.3, 0.4) is 0 Å². The van der Waals surface area contributed by atoms with E-state index in [1.807, 2.05) is 76.2 Å². The molecule has 0 saturated carbocycles. The van der Waals surface area contributed by atoms with Gasteiger partial charge in [0, 0.05) is 29.1 Å². The zero-order valence-corrected chi connectivity index (χ0v) is 22.9. The average Bonchev–Trinajstić information content (AvgIpc) is 2.82. The summed E-state index contributed by atoms with van der Waals surface area (Å²) in [6, 6.07) is 20.4. The van der Waals surface area contributed by atoms with Crippen molar-refractivity contribution >= 4 is 35.0 Å². The van der Waals surface area contributed by atoms with Crippen LogP contribution in [0.4, 0.5) is 0 Å². The van der Waals surface area contributed by atoms with Crippen LogP contribution in [0, 0.1) is 13.8 Å². The maximum Gasteiger partial charge on any atom is 0.243 e. The van der Waals surface area contributed by atoms with E-state index in [-0.39, 0.29) is 30.8 Å². The number of carbonyl (C=O) groups excluding carboxylic acids is 2. The van der Waals surface area contributed by atoms with Gasteiger partial charge in [0.15, 0.2) is 0 Å². The number of rotatable bonds is 10. The molecule has 0 spiro atoms. The number of nitrogens with zero attached hydrogens (tertiary/aromatic N) is 1. The van der Waals surface area contributed by atoms with Crippen LogP contribution in [0.1, 0.15) is 48.1 Å². The Kier molecular flexibility index (Phi) is 9.98. The molecular formula is C30H34Cl2N2O2. The molecule has 6 heteroatoms. The second-order valence-corrected chi connectivity index (χ2v) is 10.3. The van der Waals surface area contributed by atoms with Gasteiger partial charge in [0.2, 0.25) is 11.8 Å². The van der Waals surface area contributed by atoms with Crippen molar-refractivity contribution in [2.75, 3.05) is 0 Å². The molecular weight excluding hydrogens is 491 g/mol. The van der Waals surface area contributed by atoms with Gasteiger partial charge in [-0.25, -0.2) is 0 Å². The van der Waals surface area contributed by atoms with Crippen LogP contribution < -0.4 is 5.32 Å². The lowest BCUT2D eigenvalue weighted by molar-refractivity contribution is -0.141. The third kappa shape index (κ3) is 7.84. The normalized spacial score (nSPS) is 12.6. The molecule has 2 amide bonds. The molecule has 0 radical (unpaired) electrons. The van der Waals surface area contributed by atoms with E-state index in [1.165, 1.54) is 0 Å². The Morgan fingerprint density at radius 3 is 2.19 bits per heavy atom. The van der Waals surface area contributed by atoms with Gasteiger partial charge in [-0.2, -0.15) is 0 Å². The highest BCUT2D eigenvalue weighted by Gasteiger charge is 2.31. The third-order valence-corrected chi connectivity index (χ3v) is 6.85. The van der Waals surface area contributed by atoms with Crippen LogP contribution >= 0.6 is 23.2 Å². The molecule has 2 atom stereocenters. The van der Waals surface area contributed by atoms with Gasteiger partial charge >= 0.3 is 0 Å². The fourth-order valence-electron chi connectivity index (χ4n) is 4.28. The highest BCUT2D eigenvalue weighted by atomic mass is 35.5. The van der Waals surface area contributed by atoms with E-state index in [0.717, 1.165) is 34.2 Å². The molecule has 0 bridgehead atoms. The van der Waals surface area contributed by atoms with Gasteiger partial charge in [0.05, 0.1) is 6.42 Å². The fourth-order valence-corrected chi connectivity index (χ4v) is 4.74. The first-order valence-corrected chi connectivity index (χ1v) is 13.1. The summed E-state index contributed by atoms with van der Waals surface area (Å²) in [4.78, 5) is 29.1. The summed E-state index contributed by atoms with van der Waals surface area (Å²) in [5.41, 5.74) is 4.84. The SMILES string of the molecule is CC[C@H](C)NC(=O)[C@@H](Cc1ccccc1)N(Cc1ccc(Cl)cc1Cl)C(=O)Cc1cc(C)cc(C)c1. The van der Waals surface area contributed by atoms with Crippen LogP contribution in [0.5, 0.6) is 0 Å². The Hall–Kier alpha value is -2.82. The zero-order valence-electron chi connectivity index (χ0n) is 21.4. The number of benzene rings is 3. The first kappa shape index (κ1) is 27.8. The van der Waals surface area contributed by atoms with Gasteiger partial charge in [-0.1, -0.05) is 95.8 Å². The van der Waals surface area contributed by atoms with Crippen LogP contribution in [0.15, 0.2) is 66.7 Å². The van der Waals surface area contributed by atoms with E-state index < -0.39 is 6.04 Å². The summed E-state index contributed by atoms with van der Waals surface area (Å²) in [6.07, 6.45) is 1.38. The lowest BCUT2D eigenvalue weighted by Gasteiger charge is -2.32. The number of amides is 2. The van der Waals surface area contributed by atoms with E-state index in [9.17, 15) is 9.59 Å². The molecule has 0 aliphatic rings. The molecule has 1 N–H and O–H groups in total. The quantitative estimate of drug-likeness (QED) is 0.320. The first-order chi connectivity index (χ1) is 17.2. The van der Waals surface area contributed by atoms with Crippen molar-refractivity contribution in [3.8, 4) is 0 Å². The molecule has 3 aromatic carbocycles. The van der Waals surface area contributed by atoms with Crippen molar-refractivity contribution in [1.29, 1.82) is 0 Å². The second kappa shape index (κ2) is 12.9. The Labute approximate surface area is 224 Å². The first-order valence-electron chi connectivity index (χ1n) is 12.3. The molecule has 4 nitrogen and oxygen atoms in total. The summed E-state index contributed by atoms with van der Waals surface area (Å²) in [5.74, 6) is -0.307.